The lowest BCUT2D eigenvalue weighted by Gasteiger charge is -2.19. The van der Waals surface area contributed by atoms with Crippen LogP contribution in [0.1, 0.15) is 31.9 Å². The van der Waals surface area contributed by atoms with E-state index < -0.39 is 0 Å². The molecule has 2 heteroatoms. The van der Waals surface area contributed by atoms with Crippen LogP contribution in [0.15, 0.2) is 24.3 Å². The Labute approximate surface area is 93.7 Å². The van der Waals surface area contributed by atoms with Gasteiger partial charge in [-0.25, -0.2) is 0 Å². The Morgan fingerprint density at radius 3 is 2.50 bits per heavy atom. The Balaban J connectivity index is 2.95. The fraction of sp³-hybridized carbons (Fsp3) is 0.417. The van der Waals surface area contributed by atoms with Gasteiger partial charge in [-0.2, -0.15) is 0 Å². The van der Waals surface area contributed by atoms with Crippen molar-refractivity contribution in [2.45, 2.75) is 32.6 Å². The van der Waals surface area contributed by atoms with Crippen LogP contribution in [0.3, 0.4) is 0 Å². The van der Waals surface area contributed by atoms with Crippen LogP contribution in [0, 0.1) is 0 Å². The molecule has 0 saturated heterocycles. The van der Waals surface area contributed by atoms with Gasteiger partial charge in [-0.15, -0.1) is 0 Å². The number of rotatable bonds is 2. The summed E-state index contributed by atoms with van der Waals surface area (Å²) in [6.45, 7) is 6.51. The van der Waals surface area contributed by atoms with Gasteiger partial charge in [0.2, 0.25) is 4.69 Å². The zero-order valence-corrected chi connectivity index (χ0v) is 10.4. The van der Waals surface area contributed by atoms with E-state index in [0.29, 0.717) is 6.42 Å². The molecule has 1 nitrogen and oxygen atoms in total. The molecule has 0 fully saturated rings. The minimum Gasteiger partial charge on any atom is -0.286 e. The van der Waals surface area contributed by atoms with Crippen LogP contribution >= 0.6 is 15.9 Å². The molecule has 0 aliphatic rings. The number of carbonyl (C=O) groups excluding carboxylic acids is 1. The lowest BCUT2D eigenvalue weighted by atomic mass is 9.86. The van der Waals surface area contributed by atoms with Gasteiger partial charge in [0.15, 0.2) is 0 Å². The van der Waals surface area contributed by atoms with Crippen LogP contribution in [0.4, 0.5) is 0 Å². The second kappa shape index (κ2) is 4.26. The first-order chi connectivity index (χ1) is 6.39. The summed E-state index contributed by atoms with van der Waals surface area (Å²) in [6.07, 6.45) is 0.462. The summed E-state index contributed by atoms with van der Waals surface area (Å²) in [6, 6.07) is 8.18. The van der Waals surface area contributed by atoms with E-state index in [-0.39, 0.29) is 10.1 Å². The summed E-state index contributed by atoms with van der Waals surface area (Å²) in [5.74, 6) is 0. The van der Waals surface area contributed by atoms with Crippen molar-refractivity contribution in [3.8, 4) is 0 Å². The second-order valence-corrected chi connectivity index (χ2v) is 5.37. The number of carbonyl (C=O) groups is 1. The Hall–Kier alpha value is -0.630. The van der Waals surface area contributed by atoms with E-state index in [1.807, 2.05) is 12.1 Å². The van der Waals surface area contributed by atoms with Crippen LogP contribution in [0.5, 0.6) is 0 Å². The number of hydrogen-bond acceptors (Lipinski definition) is 1. The lowest BCUT2D eigenvalue weighted by molar-refractivity contribution is -0.109. The fourth-order valence-electron chi connectivity index (χ4n) is 1.31. The highest BCUT2D eigenvalue weighted by Gasteiger charge is 2.13. The van der Waals surface area contributed by atoms with E-state index in [9.17, 15) is 4.79 Å². The Kier molecular flexibility index (Phi) is 3.48. The molecule has 0 N–H and O–H groups in total. The van der Waals surface area contributed by atoms with Gasteiger partial charge in [-0.3, -0.25) is 4.79 Å². The van der Waals surface area contributed by atoms with E-state index in [1.165, 1.54) is 5.56 Å². The summed E-state index contributed by atoms with van der Waals surface area (Å²) in [5, 5.41) is 0. The van der Waals surface area contributed by atoms with Crippen LogP contribution in [-0.2, 0) is 16.6 Å². The van der Waals surface area contributed by atoms with E-state index in [4.69, 9.17) is 0 Å². The molecular formula is C12H15BrO. The molecule has 0 aromatic heterocycles. The third-order valence-electron chi connectivity index (χ3n) is 2.14. The maximum Gasteiger partial charge on any atom is 0.202 e. The molecule has 0 amide bonds. The maximum atomic E-state index is 10.9. The first-order valence-corrected chi connectivity index (χ1v) is 5.46. The van der Waals surface area contributed by atoms with Gasteiger partial charge in [0.25, 0.3) is 0 Å². The molecule has 1 aromatic rings. The predicted octanol–water partition coefficient (Wildman–Crippen LogP) is 3.45. The number of hydrogen-bond donors (Lipinski definition) is 0. The Bertz CT molecular complexity index is 336. The predicted molar refractivity (Wildman–Crippen MR) is 62.8 cm³/mol. The highest BCUT2D eigenvalue weighted by Crippen LogP contribution is 2.23. The molecule has 1 rings (SSSR count). The van der Waals surface area contributed by atoms with Crippen molar-refractivity contribution in [1.29, 1.82) is 0 Å². The summed E-state index contributed by atoms with van der Waals surface area (Å²) < 4.78 is 0.0311. The highest BCUT2D eigenvalue weighted by atomic mass is 79.9. The largest absolute Gasteiger partial charge is 0.286 e. The van der Waals surface area contributed by atoms with Crippen molar-refractivity contribution in [3.05, 3.63) is 35.4 Å². The molecule has 0 atom stereocenters. The van der Waals surface area contributed by atoms with Gasteiger partial charge >= 0.3 is 0 Å². The third-order valence-corrected chi connectivity index (χ3v) is 2.42. The average Bonchev–Trinajstić information content (AvgIpc) is 2.01. The van der Waals surface area contributed by atoms with E-state index in [0.717, 1.165) is 5.56 Å². The number of halogens is 1. The van der Waals surface area contributed by atoms with Crippen LogP contribution in [0.25, 0.3) is 0 Å². The fourth-order valence-corrected chi connectivity index (χ4v) is 1.63. The standard InChI is InChI=1S/C12H15BrO/c1-12(2,3)10-6-4-5-9(7-10)8-11(13)14/h4-7H,8H2,1-3H3. The molecule has 0 aliphatic heterocycles. The highest BCUT2D eigenvalue weighted by molar-refractivity contribution is 9.18. The Morgan fingerprint density at radius 1 is 1.36 bits per heavy atom. The molecule has 0 heterocycles. The molecule has 0 unspecified atom stereocenters. The zero-order valence-electron chi connectivity index (χ0n) is 8.80. The Morgan fingerprint density at radius 2 is 2.00 bits per heavy atom. The zero-order chi connectivity index (χ0) is 10.8. The number of benzene rings is 1. The SMILES string of the molecule is CC(C)(C)c1cccc(CC(=O)Br)c1. The maximum absolute atomic E-state index is 10.9. The smallest absolute Gasteiger partial charge is 0.202 e. The molecule has 0 bridgehead atoms. The van der Waals surface area contributed by atoms with Gasteiger partial charge in [0, 0.05) is 6.42 Å². The summed E-state index contributed by atoms with van der Waals surface area (Å²) in [4.78, 5) is 10.9. The molecule has 76 valence electrons. The third kappa shape index (κ3) is 3.26. The molecule has 0 spiro atoms. The van der Waals surface area contributed by atoms with Crippen molar-refractivity contribution in [3.63, 3.8) is 0 Å². The van der Waals surface area contributed by atoms with Crippen molar-refractivity contribution < 1.29 is 4.79 Å². The van der Waals surface area contributed by atoms with Crippen LogP contribution in [0.2, 0.25) is 0 Å². The molecular weight excluding hydrogens is 240 g/mol. The van der Waals surface area contributed by atoms with Gasteiger partial charge in [0.05, 0.1) is 0 Å². The average molecular weight is 255 g/mol. The van der Waals surface area contributed by atoms with Crippen molar-refractivity contribution in [2.24, 2.45) is 0 Å². The van der Waals surface area contributed by atoms with Crippen molar-refractivity contribution >= 4 is 20.6 Å². The van der Waals surface area contributed by atoms with E-state index in [2.05, 4.69) is 48.8 Å². The normalized spacial score (nSPS) is 11.4. The molecule has 1 aromatic carbocycles. The van der Waals surface area contributed by atoms with Crippen molar-refractivity contribution in [2.75, 3.05) is 0 Å². The molecule has 0 aliphatic carbocycles. The summed E-state index contributed by atoms with van der Waals surface area (Å²) >= 11 is 2.95. The molecule has 14 heavy (non-hydrogen) atoms. The van der Waals surface area contributed by atoms with Crippen LogP contribution in [-0.4, -0.2) is 4.69 Å². The summed E-state index contributed by atoms with van der Waals surface area (Å²) in [5.41, 5.74) is 2.48. The monoisotopic (exact) mass is 254 g/mol. The topological polar surface area (TPSA) is 17.1 Å². The summed E-state index contributed by atoms with van der Waals surface area (Å²) in [7, 11) is 0. The van der Waals surface area contributed by atoms with Gasteiger partial charge in [0.1, 0.15) is 0 Å². The quantitative estimate of drug-likeness (QED) is 0.740. The minimum absolute atomic E-state index is 0.0311. The lowest BCUT2D eigenvalue weighted by Crippen LogP contribution is -2.11. The molecule has 0 saturated carbocycles. The van der Waals surface area contributed by atoms with Crippen LogP contribution < -0.4 is 0 Å². The van der Waals surface area contributed by atoms with Crippen molar-refractivity contribution in [1.82, 2.24) is 0 Å². The van der Waals surface area contributed by atoms with Gasteiger partial charge in [-0.05, 0) is 32.5 Å². The first kappa shape index (κ1) is 11.4. The van der Waals surface area contributed by atoms with E-state index >= 15 is 0 Å². The van der Waals surface area contributed by atoms with Gasteiger partial charge in [-0.1, -0.05) is 45.0 Å². The first-order valence-electron chi connectivity index (χ1n) is 4.67. The second-order valence-electron chi connectivity index (χ2n) is 4.48. The molecule has 0 radical (unpaired) electrons. The van der Waals surface area contributed by atoms with E-state index in [1.54, 1.807) is 0 Å². The minimum atomic E-state index is 0.0311. The van der Waals surface area contributed by atoms with Gasteiger partial charge < -0.3 is 0 Å².